The number of nitrogens with zero attached hydrogens (tertiary/aromatic N) is 3. The van der Waals surface area contributed by atoms with Crippen molar-refractivity contribution in [1.29, 1.82) is 0 Å². The Morgan fingerprint density at radius 1 is 1.40 bits per heavy atom. The smallest absolute Gasteiger partial charge is 0.307 e. The third-order valence-electron chi connectivity index (χ3n) is 7.06. The van der Waals surface area contributed by atoms with Crippen molar-refractivity contribution in [1.82, 2.24) is 14.9 Å². The van der Waals surface area contributed by atoms with Crippen LogP contribution in [0.25, 0.3) is 0 Å². The molecule has 30 heavy (non-hydrogen) atoms. The maximum Gasteiger partial charge on any atom is 0.307 e. The minimum absolute atomic E-state index is 0.0708. The number of carboxylic acid groups (broad SMARTS) is 1. The molecule has 6 nitrogen and oxygen atoms in total. The van der Waals surface area contributed by atoms with Gasteiger partial charge in [0.05, 0.1) is 11.6 Å². The van der Waals surface area contributed by atoms with Crippen LogP contribution in [0.2, 0.25) is 0 Å². The Labute approximate surface area is 181 Å². The third kappa shape index (κ3) is 3.58. The van der Waals surface area contributed by atoms with Gasteiger partial charge in [0.1, 0.15) is 5.03 Å². The normalized spacial score (nSPS) is 26.2. The van der Waals surface area contributed by atoms with E-state index >= 15 is 0 Å². The van der Waals surface area contributed by atoms with E-state index in [0.29, 0.717) is 5.92 Å². The molecule has 2 N–H and O–H groups in total. The molecule has 2 aromatic rings. The van der Waals surface area contributed by atoms with E-state index in [9.17, 15) is 9.90 Å². The summed E-state index contributed by atoms with van der Waals surface area (Å²) in [4.78, 5) is 24.5. The molecule has 1 aliphatic carbocycles. The Hall–Kier alpha value is -2.12. The maximum atomic E-state index is 12.0. The Morgan fingerprint density at radius 2 is 2.27 bits per heavy atom. The topological polar surface area (TPSA) is 78.4 Å². The van der Waals surface area contributed by atoms with Crippen LogP contribution in [0.1, 0.15) is 44.6 Å². The second-order valence-corrected chi connectivity index (χ2v) is 10.1. The second kappa shape index (κ2) is 7.85. The van der Waals surface area contributed by atoms with Crippen molar-refractivity contribution < 1.29 is 9.90 Å². The maximum absolute atomic E-state index is 12.0. The molecule has 1 aromatic carbocycles. The molecule has 0 spiro atoms. The number of aliphatic carboxylic acids is 1. The van der Waals surface area contributed by atoms with E-state index in [0.717, 1.165) is 60.3 Å². The van der Waals surface area contributed by atoms with Crippen LogP contribution < -0.4 is 5.32 Å². The van der Waals surface area contributed by atoms with Crippen molar-refractivity contribution in [3.05, 3.63) is 36.2 Å². The highest BCUT2D eigenvalue weighted by atomic mass is 32.2. The van der Waals surface area contributed by atoms with Crippen molar-refractivity contribution in [2.75, 3.05) is 18.4 Å². The molecule has 3 aliphatic rings. The third-order valence-corrected chi connectivity index (χ3v) is 8.13. The van der Waals surface area contributed by atoms with Gasteiger partial charge < -0.3 is 10.4 Å². The highest BCUT2D eigenvalue weighted by molar-refractivity contribution is 7.99. The van der Waals surface area contributed by atoms with Crippen molar-refractivity contribution >= 4 is 29.2 Å². The van der Waals surface area contributed by atoms with Gasteiger partial charge in [-0.05, 0) is 54.7 Å². The Morgan fingerprint density at radius 3 is 3.10 bits per heavy atom. The lowest BCUT2D eigenvalue weighted by Gasteiger charge is -2.52. The minimum Gasteiger partial charge on any atom is -0.481 e. The van der Waals surface area contributed by atoms with Crippen LogP contribution in [0.15, 0.2) is 40.5 Å². The lowest BCUT2D eigenvalue weighted by molar-refractivity contribution is -0.152. The van der Waals surface area contributed by atoms with Gasteiger partial charge in [0, 0.05) is 36.9 Å². The molecule has 1 aromatic heterocycles. The van der Waals surface area contributed by atoms with Crippen molar-refractivity contribution in [2.45, 2.75) is 55.5 Å². The average molecular weight is 425 g/mol. The molecule has 0 amide bonds. The van der Waals surface area contributed by atoms with Crippen LogP contribution in [0, 0.1) is 17.3 Å². The van der Waals surface area contributed by atoms with Gasteiger partial charge >= 0.3 is 5.97 Å². The monoisotopic (exact) mass is 424 g/mol. The number of carbonyl (C=O) groups is 1. The molecule has 2 bridgehead atoms. The van der Waals surface area contributed by atoms with Crippen molar-refractivity contribution in [2.24, 2.45) is 17.3 Å². The van der Waals surface area contributed by atoms with Gasteiger partial charge in [0.25, 0.3) is 0 Å². The highest BCUT2D eigenvalue weighted by Crippen LogP contribution is 2.50. The van der Waals surface area contributed by atoms with E-state index in [-0.39, 0.29) is 11.3 Å². The number of nitrogens with one attached hydrogen (secondary N) is 1. The first-order chi connectivity index (χ1) is 14.6. The summed E-state index contributed by atoms with van der Waals surface area (Å²) in [7, 11) is 0. The standard InChI is InChI=1S/C23H28N4O2S/c1-2-17(22(28)29)23-7-3-4-16(11-23)13-27(14-23)12-15-5-6-19-18(10-15)26-20-21(30-19)25-9-8-24-20/h5-6,8-10,16-17H,2-4,7,11-14H2,1H3,(H,24,26)(H,28,29). The van der Waals surface area contributed by atoms with Crippen LogP contribution in [0.4, 0.5) is 11.5 Å². The molecule has 1 saturated heterocycles. The molecule has 2 aliphatic heterocycles. The van der Waals surface area contributed by atoms with Crippen LogP contribution in [-0.4, -0.2) is 39.0 Å². The number of benzene rings is 1. The molecule has 2 fully saturated rings. The van der Waals surface area contributed by atoms with E-state index in [1.54, 1.807) is 24.2 Å². The van der Waals surface area contributed by atoms with Gasteiger partial charge in [0.15, 0.2) is 5.82 Å². The molecule has 3 heterocycles. The Kier molecular flexibility index (Phi) is 5.19. The first-order valence-electron chi connectivity index (χ1n) is 10.9. The predicted octanol–water partition coefficient (Wildman–Crippen LogP) is 4.79. The Balaban J connectivity index is 1.36. The average Bonchev–Trinajstić information content (AvgIpc) is 2.72. The zero-order valence-corrected chi connectivity index (χ0v) is 18.1. The number of aromatic nitrogens is 2. The number of rotatable bonds is 5. The van der Waals surface area contributed by atoms with E-state index in [1.165, 1.54) is 18.4 Å². The summed E-state index contributed by atoms with van der Waals surface area (Å²) in [6, 6.07) is 6.57. The Bertz CT molecular complexity index is 968. The molecule has 1 saturated carbocycles. The van der Waals surface area contributed by atoms with Gasteiger partial charge in [-0.2, -0.15) is 0 Å². The summed E-state index contributed by atoms with van der Waals surface area (Å²) >= 11 is 1.65. The number of hydrogen-bond donors (Lipinski definition) is 2. The second-order valence-electron chi connectivity index (χ2n) is 9.06. The van der Waals surface area contributed by atoms with Crippen molar-refractivity contribution in [3.8, 4) is 0 Å². The molecule has 7 heteroatoms. The molecular formula is C23H28N4O2S. The largest absolute Gasteiger partial charge is 0.481 e. The summed E-state index contributed by atoms with van der Waals surface area (Å²) in [5.74, 6) is 0.578. The minimum atomic E-state index is -0.616. The summed E-state index contributed by atoms with van der Waals surface area (Å²) in [6.45, 7) is 4.86. The number of carboxylic acids is 1. The van der Waals surface area contributed by atoms with E-state index < -0.39 is 5.97 Å². The quantitative estimate of drug-likeness (QED) is 0.610. The highest BCUT2D eigenvalue weighted by Gasteiger charge is 2.49. The van der Waals surface area contributed by atoms with Gasteiger partial charge in [0.2, 0.25) is 0 Å². The summed E-state index contributed by atoms with van der Waals surface area (Å²) < 4.78 is 0. The zero-order valence-electron chi connectivity index (χ0n) is 17.3. The number of fused-ring (bicyclic) bond motifs is 4. The van der Waals surface area contributed by atoms with E-state index in [2.05, 4.69) is 38.4 Å². The molecular weight excluding hydrogens is 396 g/mol. The van der Waals surface area contributed by atoms with Crippen LogP contribution in [0.3, 0.4) is 0 Å². The summed E-state index contributed by atoms with van der Waals surface area (Å²) in [5.41, 5.74) is 2.26. The van der Waals surface area contributed by atoms with E-state index in [4.69, 9.17) is 0 Å². The van der Waals surface area contributed by atoms with E-state index in [1.807, 2.05) is 6.92 Å². The summed E-state index contributed by atoms with van der Waals surface area (Å²) in [6.07, 6.45) is 8.66. The first kappa shape index (κ1) is 19.8. The van der Waals surface area contributed by atoms with Crippen LogP contribution in [-0.2, 0) is 11.3 Å². The van der Waals surface area contributed by atoms with Gasteiger partial charge in [-0.25, -0.2) is 9.97 Å². The van der Waals surface area contributed by atoms with Crippen LogP contribution >= 0.6 is 11.8 Å². The van der Waals surface area contributed by atoms with Gasteiger partial charge in [-0.3, -0.25) is 9.69 Å². The SMILES string of the molecule is CCC(C(=O)O)C12CCCC(CN(Cc3ccc4c(c3)Nc3nccnc3S4)C1)C2. The fraction of sp³-hybridized carbons (Fsp3) is 0.522. The fourth-order valence-corrected chi connectivity index (χ4v) is 6.83. The van der Waals surface area contributed by atoms with Gasteiger partial charge in [-0.1, -0.05) is 31.2 Å². The number of hydrogen-bond acceptors (Lipinski definition) is 6. The molecule has 0 radical (unpaired) electrons. The number of piperidine rings is 1. The first-order valence-corrected chi connectivity index (χ1v) is 11.7. The van der Waals surface area contributed by atoms with Crippen LogP contribution in [0.5, 0.6) is 0 Å². The van der Waals surface area contributed by atoms with Gasteiger partial charge in [-0.15, -0.1) is 0 Å². The number of anilines is 2. The lowest BCUT2D eigenvalue weighted by Crippen LogP contribution is -2.54. The molecule has 158 valence electrons. The van der Waals surface area contributed by atoms with Crippen molar-refractivity contribution in [3.63, 3.8) is 0 Å². The lowest BCUT2D eigenvalue weighted by atomic mass is 9.59. The number of likely N-dealkylation sites (tertiary alicyclic amines) is 1. The molecule has 3 atom stereocenters. The predicted molar refractivity (Wildman–Crippen MR) is 117 cm³/mol. The molecule has 3 unspecified atom stereocenters. The zero-order chi connectivity index (χ0) is 20.7. The summed E-state index contributed by atoms with van der Waals surface area (Å²) in [5, 5.41) is 14.2. The molecule has 5 rings (SSSR count). The fourth-order valence-electron chi connectivity index (χ4n) is 5.95.